The van der Waals surface area contributed by atoms with Crippen molar-refractivity contribution in [2.75, 3.05) is 13.2 Å². The van der Waals surface area contributed by atoms with Crippen molar-refractivity contribution in [3.05, 3.63) is 76.4 Å². The highest BCUT2D eigenvalue weighted by molar-refractivity contribution is 8.18. The van der Waals surface area contributed by atoms with Crippen molar-refractivity contribution in [3.8, 4) is 0 Å². The van der Waals surface area contributed by atoms with E-state index in [0.29, 0.717) is 12.0 Å². The van der Waals surface area contributed by atoms with Gasteiger partial charge in [-0.25, -0.2) is 4.39 Å². The standard InChI is InChI=1S/C22H21FN2O4S/c23-17-8-6-16(7-9-17)13-19-21(28)25(22(29)30-19)11-10-20(27)24-18(14-26)12-15-4-2-1-3-5-15/h1-9,13,18,26H,10-12,14H2,(H,24,27)/t18-/m1/s1. The summed E-state index contributed by atoms with van der Waals surface area (Å²) < 4.78 is 13.0. The normalized spacial score (nSPS) is 16.2. The topological polar surface area (TPSA) is 86.7 Å². The first-order valence-electron chi connectivity index (χ1n) is 9.41. The first-order chi connectivity index (χ1) is 14.5. The van der Waals surface area contributed by atoms with Crippen LogP contribution in [-0.4, -0.2) is 46.3 Å². The molecule has 30 heavy (non-hydrogen) atoms. The Morgan fingerprint density at radius 2 is 1.83 bits per heavy atom. The number of nitrogens with one attached hydrogen (secondary N) is 1. The molecule has 0 unspecified atom stereocenters. The predicted octanol–water partition coefficient (Wildman–Crippen LogP) is 2.97. The number of nitrogens with zero attached hydrogens (tertiary/aromatic N) is 1. The molecule has 1 heterocycles. The van der Waals surface area contributed by atoms with Crippen molar-refractivity contribution in [1.82, 2.24) is 10.2 Å². The number of hydrogen-bond donors (Lipinski definition) is 2. The van der Waals surface area contributed by atoms with Gasteiger partial charge in [0.2, 0.25) is 5.91 Å². The summed E-state index contributed by atoms with van der Waals surface area (Å²) >= 11 is 0.786. The van der Waals surface area contributed by atoms with Gasteiger partial charge in [0.25, 0.3) is 11.1 Å². The zero-order valence-corrected chi connectivity index (χ0v) is 16.9. The number of amides is 3. The van der Waals surface area contributed by atoms with Crippen molar-refractivity contribution >= 4 is 34.9 Å². The lowest BCUT2D eigenvalue weighted by molar-refractivity contribution is -0.124. The second-order valence-electron chi connectivity index (χ2n) is 6.77. The van der Waals surface area contributed by atoms with E-state index in [0.717, 1.165) is 22.2 Å². The third-order valence-corrected chi connectivity index (χ3v) is 5.42. The molecule has 1 atom stereocenters. The number of thioether (sulfide) groups is 1. The molecule has 0 saturated carbocycles. The molecule has 2 N–H and O–H groups in total. The number of carbonyl (C=O) groups excluding carboxylic acids is 3. The molecule has 1 fully saturated rings. The number of benzene rings is 2. The fourth-order valence-corrected chi connectivity index (χ4v) is 3.84. The van der Waals surface area contributed by atoms with Gasteiger partial charge in [0, 0.05) is 13.0 Å². The quantitative estimate of drug-likeness (QED) is 0.632. The summed E-state index contributed by atoms with van der Waals surface area (Å²) in [6.45, 7) is -0.274. The molecule has 1 saturated heterocycles. The van der Waals surface area contributed by atoms with Crippen LogP contribution in [0, 0.1) is 5.82 Å². The lowest BCUT2D eigenvalue weighted by Gasteiger charge is -2.18. The highest BCUT2D eigenvalue weighted by Gasteiger charge is 2.35. The van der Waals surface area contributed by atoms with E-state index in [1.54, 1.807) is 0 Å². The minimum Gasteiger partial charge on any atom is -0.394 e. The van der Waals surface area contributed by atoms with Gasteiger partial charge in [-0.15, -0.1) is 0 Å². The fourth-order valence-electron chi connectivity index (χ4n) is 2.98. The third kappa shape index (κ3) is 5.77. The molecule has 3 amide bonds. The van der Waals surface area contributed by atoms with Crippen molar-refractivity contribution in [3.63, 3.8) is 0 Å². The number of halogens is 1. The van der Waals surface area contributed by atoms with Crippen LogP contribution in [0.4, 0.5) is 9.18 Å². The zero-order chi connectivity index (χ0) is 21.5. The largest absolute Gasteiger partial charge is 0.394 e. The lowest BCUT2D eigenvalue weighted by atomic mass is 10.1. The molecule has 0 aliphatic carbocycles. The molecule has 0 bridgehead atoms. The van der Waals surface area contributed by atoms with E-state index < -0.39 is 17.2 Å². The molecule has 3 rings (SSSR count). The average Bonchev–Trinajstić information content (AvgIpc) is 3.01. The van der Waals surface area contributed by atoms with E-state index in [2.05, 4.69) is 5.32 Å². The van der Waals surface area contributed by atoms with Crippen LogP contribution in [0.25, 0.3) is 6.08 Å². The van der Waals surface area contributed by atoms with E-state index in [-0.39, 0.29) is 36.2 Å². The van der Waals surface area contributed by atoms with Crippen LogP contribution < -0.4 is 5.32 Å². The minimum atomic E-state index is -0.481. The maximum atomic E-state index is 13.0. The van der Waals surface area contributed by atoms with Crippen LogP contribution >= 0.6 is 11.8 Å². The van der Waals surface area contributed by atoms with Crippen molar-refractivity contribution in [2.24, 2.45) is 0 Å². The molecule has 156 valence electrons. The van der Waals surface area contributed by atoms with E-state index in [1.807, 2.05) is 30.3 Å². The monoisotopic (exact) mass is 428 g/mol. The SMILES string of the molecule is O=C(CCN1C(=O)SC(=Cc2ccc(F)cc2)C1=O)N[C@@H](CO)Cc1ccccc1. The number of carbonyl (C=O) groups is 3. The van der Waals surface area contributed by atoms with Crippen LogP contribution in [0.15, 0.2) is 59.5 Å². The minimum absolute atomic E-state index is 0.0548. The predicted molar refractivity (Wildman–Crippen MR) is 113 cm³/mol. The summed E-state index contributed by atoms with van der Waals surface area (Å²) in [6, 6.07) is 14.6. The summed E-state index contributed by atoms with van der Waals surface area (Å²) in [4.78, 5) is 38.2. The average molecular weight is 428 g/mol. The first-order valence-corrected chi connectivity index (χ1v) is 10.2. The van der Waals surface area contributed by atoms with Crippen molar-refractivity contribution in [1.29, 1.82) is 0 Å². The Labute approximate surface area is 177 Å². The van der Waals surface area contributed by atoms with Gasteiger partial charge >= 0.3 is 0 Å². The van der Waals surface area contributed by atoms with Crippen molar-refractivity contribution < 1.29 is 23.9 Å². The smallest absolute Gasteiger partial charge is 0.293 e. The molecule has 1 aliphatic heterocycles. The van der Waals surface area contributed by atoms with Gasteiger partial charge in [0.05, 0.1) is 17.6 Å². The number of aliphatic hydroxyl groups is 1. The van der Waals surface area contributed by atoms with E-state index in [9.17, 15) is 23.9 Å². The summed E-state index contributed by atoms with van der Waals surface area (Å²) in [5.74, 6) is -1.23. The summed E-state index contributed by atoms with van der Waals surface area (Å²) in [7, 11) is 0. The van der Waals surface area contributed by atoms with Gasteiger partial charge in [0.1, 0.15) is 5.82 Å². The molecule has 1 aliphatic rings. The second kappa shape index (κ2) is 10.2. The third-order valence-electron chi connectivity index (χ3n) is 4.51. The molecule has 2 aromatic rings. The number of rotatable bonds is 8. The maximum Gasteiger partial charge on any atom is 0.293 e. The van der Waals surface area contributed by atoms with Gasteiger partial charge in [-0.3, -0.25) is 19.3 Å². The van der Waals surface area contributed by atoms with Crippen LogP contribution in [0.5, 0.6) is 0 Å². The molecule has 0 spiro atoms. The Morgan fingerprint density at radius 1 is 1.13 bits per heavy atom. The van der Waals surface area contributed by atoms with Gasteiger partial charge in [-0.05, 0) is 47.5 Å². The maximum absolute atomic E-state index is 13.0. The van der Waals surface area contributed by atoms with Gasteiger partial charge in [-0.1, -0.05) is 42.5 Å². The van der Waals surface area contributed by atoms with Crippen molar-refractivity contribution in [2.45, 2.75) is 18.9 Å². The van der Waals surface area contributed by atoms with E-state index >= 15 is 0 Å². The van der Waals surface area contributed by atoms with Crippen LogP contribution in [0.1, 0.15) is 17.5 Å². The van der Waals surface area contributed by atoms with Crippen LogP contribution in [0.2, 0.25) is 0 Å². The molecule has 0 radical (unpaired) electrons. The Kier molecular flexibility index (Phi) is 7.37. The second-order valence-corrected chi connectivity index (χ2v) is 7.76. The molecule has 2 aromatic carbocycles. The van der Waals surface area contributed by atoms with Gasteiger partial charge in [-0.2, -0.15) is 0 Å². The first kappa shape index (κ1) is 21.7. The van der Waals surface area contributed by atoms with E-state index in [4.69, 9.17) is 0 Å². The molecular weight excluding hydrogens is 407 g/mol. The fraction of sp³-hybridized carbons (Fsp3) is 0.227. The van der Waals surface area contributed by atoms with Gasteiger partial charge in [0.15, 0.2) is 0 Å². The summed E-state index contributed by atoms with van der Waals surface area (Å²) in [5.41, 5.74) is 1.58. The highest BCUT2D eigenvalue weighted by atomic mass is 32.2. The Balaban J connectivity index is 1.54. The van der Waals surface area contributed by atoms with Crippen LogP contribution in [-0.2, 0) is 16.0 Å². The number of aliphatic hydroxyl groups excluding tert-OH is 1. The Morgan fingerprint density at radius 3 is 2.50 bits per heavy atom. The Hall–Kier alpha value is -2.97. The summed E-state index contributed by atoms with van der Waals surface area (Å²) in [6.07, 6.45) is 1.93. The molecule has 0 aromatic heterocycles. The number of hydrogen-bond acceptors (Lipinski definition) is 5. The van der Waals surface area contributed by atoms with E-state index in [1.165, 1.54) is 30.3 Å². The lowest BCUT2D eigenvalue weighted by Crippen LogP contribution is -2.41. The van der Waals surface area contributed by atoms with Gasteiger partial charge < -0.3 is 10.4 Å². The molecule has 6 nitrogen and oxygen atoms in total. The molecular formula is C22H21FN2O4S. The molecule has 8 heteroatoms. The zero-order valence-electron chi connectivity index (χ0n) is 16.1. The van der Waals surface area contributed by atoms with Crippen LogP contribution in [0.3, 0.4) is 0 Å². The summed E-state index contributed by atoms with van der Waals surface area (Å²) in [5, 5.41) is 11.8. The Bertz CT molecular complexity index is 947. The highest BCUT2D eigenvalue weighted by Crippen LogP contribution is 2.32. The number of imide groups is 1.